The second-order valence-corrected chi connectivity index (χ2v) is 4.94. The molecule has 0 nitrogen and oxygen atoms in total. The minimum atomic E-state index is 1.17. The summed E-state index contributed by atoms with van der Waals surface area (Å²) in [5.74, 6) is 0. The highest BCUT2D eigenvalue weighted by atomic mass is 79.9. The molecule has 0 amide bonds. The Morgan fingerprint density at radius 2 is 2.00 bits per heavy atom. The van der Waals surface area contributed by atoms with Crippen LogP contribution in [0.4, 0.5) is 0 Å². The summed E-state index contributed by atoms with van der Waals surface area (Å²) in [6.07, 6.45) is 4.26. The van der Waals surface area contributed by atoms with E-state index in [0.717, 1.165) is 0 Å². The highest BCUT2D eigenvalue weighted by molar-refractivity contribution is 9.10. The van der Waals surface area contributed by atoms with Gasteiger partial charge in [0, 0.05) is 9.85 Å². The second-order valence-electron chi connectivity index (χ2n) is 2.57. The third-order valence-corrected chi connectivity index (χ3v) is 4.09. The lowest BCUT2D eigenvalue weighted by molar-refractivity contribution is 1.79. The molecule has 2 heterocycles. The molecule has 0 aliphatic heterocycles. The summed E-state index contributed by atoms with van der Waals surface area (Å²) in [4.78, 5) is 0. The Kier molecular flexibility index (Phi) is 2.98. The van der Waals surface area contributed by atoms with Crippen molar-refractivity contribution >= 4 is 50.8 Å². The van der Waals surface area contributed by atoms with Crippen molar-refractivity contribution < 1.29 is 0 Å². The van der Waals surface area contributed by atoms with Crippen molar-refractivity contribution in [2.75, 3.05) is 0 Å². The molecule has 0 fully saturated rings. The summed E-state index contributed by atoms with van der Waals surface area (Å²) >= 11 is 6.92. The predicted molar refractivity (Wildman–Crippen MR) is 65.3 cm³/mol. The summed E-state index contributed by atoms with van der Waals surface area (Å²) < 4.78 is 1.17. The van der Waals surface area contributed by atoms with Crippen LogP contribution in [-0.4, -0.2) is 0 Å². The maximum absolute atomic E-state index is 3.49. The van der Waals surface area contributed by atoms with E-state index in [1.807, 2.05) is 0 Å². The van der Waals surface area contributed by atoms with Crippen LogP contribution in [0.2, 0.25) is 0 Å². The Hall–Kier alpha value is -0.380. The average Bonchev–Trinajstić information content (AvgIpc) is 2.72. The summed E-state index contributed by atoms with van der Waals surface area (Å²) in [6.45, 7) is 0. The van der Waals surface area contributed by atoms with Gasteiger partial charge in [-0.15, -0.1) is 0 Å². The second kappa shape index (κ2) is 4.22. The van der Waals surface area contributed by atoms with Gasteiger partial charge in [0.25, 0.3) is 0 Å². The maximum Gasteiger partial charge on any atom is 0.0354 e. The van der Waals surface area contributed by atoms with Gasteiger partial charge >= 0.3 is 0 Å². The Bertz CT molecular complexity index is 398. The Balaban J connectivity index is 2.19. The van der Waals surface area contributed by atoms with Crippen molar-refractivity contribution in [3.63, 3.8) is 0 Å². The molecule has 0 spiro atoms. The lowest BCUT2D eigenvalue weighted by Crippen LogP contribution is -1.64. The van der Waals surface area contributed by atoms with Crippen molar-refractivity contribution in [2.45, 2.75) is 0 Å². The lowest BCUT2D eigenvalue weighted by atomic mass is 10.2. The first-order valence-electron chi connectivity index (χ1n) is 3.78. The summed E-state index contributed by atoms with van der Waals surface area (Å²) in [5.41, 5.74) is 2.51. The minimum absolute atomic E-state index is 1.17. The molecule has 2 aromatic rings. The van der Waals surface area contributed by atoms with Gasteiger partial charge in [-0.05, 0) is 49.3 Å². The molecule has 0 radical (unpaired) electrons. The van der Waals surface area contributed by atoms with E-state index >= 15 is 0 Å². The van der Waals surface area contributed by atoms with Gasteiger partial charge in [0.05, 0.1) is 0 Å². The van der Waals surface area contributed by atoms with Gasteiger partial charge in [-0.1, -0.05) is 12.2 Å². The van der Waals surface area contributed by atoms with E-state index in [1.165, 1.54) is 15.6 Å². The van der Waals surface area contributed by atoms with Gasteiger partial charge in [0.1, 0.15) is 0 Å². The Morgan fingerprint density at radius 3 is 2.62 bits per heavy atom. The first-order chi connectivity index (χ1) is 6.36. The number of thiophene rings is 2. The van der Waals surface area contributed by atoms with Gasteiger partial charge in [0.2, 0.25) is 0 Å². The highest BCUT2D eigenvalue weighted by Gasteiger charge is 1.95. The van der Waals surface area contributed by atoms with E-state index in [9.17, 15) is 0 Å². The van der Waals surface area contributed by atoms with Crippen LogP contribution in [0.25, 0.3) is 12.2 Å². The van der Waals surface area contributed by atoms with E-state index in [2.05, 4.69) is 55.7 Å². The van der Waals surface area contributed by atoms with Crippen LogP contribution in [-0.2, 0) is 0 Å². The molecule has 0 aromatic carbocycles. The van der Waals surface area contributed by atoms with Gasteiger partial charge in [-0.3, -0.25) is 0 Å². The molecule has 2 aromatic heterocycles. The van der Waals surface area contributed by atoms with Gasteiger partial charge in [0.15, 0.2) is 0 Å². The SMILES string of the molecule is Brc1cscc1/C=C\c1ccsc1. The van der Waals surface area contributed by atoms with E-state index in [-0.39, 0.29) is 0 Å². The summed E-state index contributed by atoms with van der Waals surface area (Å²) in [6, 6.07) is 2.11. The molecular weight excluding hydrogens is 264 g/mol. The first-order valence-corrected chi connectivity index (χ1v) is 6.46. The average molecular weight is 271 g/mol. The third-order valence-electron chi connectivity index (χ3n) is 1.64. The lowest BCUT2D eigenvalue weighted by Gasteiger charge is -1.86. The molecule has 0 aliphatic carbocycles. The molecule has 0 aliphatic rings. The molecule has 0 saturated carbocycles. The van der Waals surface area contributed by atoms with E-state index in [4.69, 9.17) is 0 Å². The third kappa shape index (κ3) is 2.30. The van der Waals surface area contributed by atoms with Crippen LogP contribution in [0.5, 0.6) is 0 Å². The molecule has 3 heteroatoms. The molecule has 0 unspecified atom stereocenters. The largest absolute Gasteiger partial charge is 0.152 e. The maximum atomic E-state index is 3.49. The van der Waals surface area contributed by atoms with Crippen LogP contribution in [0, 0.1) is 0 Å². The number of hydrogen-bond acceptors (Lipinski definition) is 2. The van der Waals surface area contributed by atoms with Crippen LogP contribution >= 0.6 is 38.6 Å². The van der Waals surface area contributed by atoms with Gasteiger partial charge in [-0.25, -0.2) is 0 Å². The highest BCUT2D eigenvalue weighted by Crippen LogP contribution is 2.23. The minimum Gasteiger partial charge on any atom is -0.152 e. The number of rotatable bonds is 2. The van der Waals surface area contributed by atoms with Crippen LogP contribution < -0.4 is 0 Å². The van der Waals surface area contributed by atoms with Crippen molar-refractivity contribution in [3.8, 4) is 0 Å². The fourth-order valence-corrected chi connectivity index (χ4v) is 2.99. The summed E-state index contributed by atoms with van der Waals surface area (Å²) in [5, 5.41) is 8.44. The molecule has 0 N–H and O–H groups in total. The Morgan fingerprint density at radius 1 is 1.08 bits per heavy atom. The van der Waals surface area contributed by atoms with Gasteiger partial charge < -0.3 is 0 Å². The fourth-order valence-electron chi connectivity index (χ4n) is 0.966. The zero-order chi connectivity index (χ0) is 9.10. The van der Waals surface area contributed by atoms with Crippen LogP contribution in [0.1, 0.15) is 11.1 Å². The monoisotopic (exact) mass is 270 g/mol. The van der Waals surface area contributed by atoms with E-state index in [1.54, 1.807) is 22.7 Å². The molecule has 0 saturated heterocycles. The first kappa shape index (κ1) is 9.19. The van der Waals surface area contributed by atoms with Gasteiger partial charge in [-0.2, -0.15) is 22.7 Å². The van der Waals surface area contributed by atoms with E-state index < -0.39 is 0 Å². The Labute approximate surface area is 93.7 Å². The van der Waals surface area contributed by atoms with Crippen LogP contribution in [0.15, 0.2) is 32.1 Å². The van der Waals surface area contributed by atoms with Crippen molar-refractivity contribution in [1.29, 1.82) is 0 Å². The zero-order valence-electron chi connectivity index (χ0n) is 6.74. The topological polar surface area (TPSA) is 0 Å². The van der Waals surface area contributed by atoms with Crippen molar-refractivity contribution in [3.05, 3.63) is 43.2 Å². The standard InChI is InChI=1S/C10H7BrS2/c11-10-7-13-6-9(10)2-1-8-3-4-12-5-8/h1-7H/b2-1-. The van der Waals surface area contributed by atoms with Crippen molar-refractivity contribution in [1.82, 2.24) is 0 Å². The molecule has 2 rings (SSSR count). The normalized spacial score (nSPS) is 11.2. The predicted octanol–water partition coefficient (Wildman–Crippen LogP) is 4.74. The van der Waals surface area contributed by atoms with Crippen LogP contribution in [0.3, 0.4) is 0 Å². The fraction of sp³-hybridized carbons (Fsp3) is 0. The zero-order valence-corrected chi connectivity index (χ0v) is 9.95. The number of halogens is 1. The molecule has 66 valence electrons. The summed E-state index contributed by atoms with van der Waals surface area (Å²) in [7, 11) is 0. The smallest absolute Gasteiger partial charge is 0.0354 e. The molecule has 0 atom stereocenters. The van der Waals surface area contributed by atoms with E-state index in [0.29, 0.717) is 0 Å². The molecule has 13 heavy (non-hydrogen) atoms. The number of hydrogen-bond donors (Lipinski definition) is 0. The molecule has 0 bridgehead atoms. The molecular formula is C10H7BrS2. The quantitative estimate of drug-likeness (QED) is 0.739. The van der Waals surface area contributed by atoms with Crippen molar-refractivity contribution in [2.24, 2.45) is 0 Å².